The Morgan fingerprint density at radius 2 is 1.95 bits per heavy atom. The molecule has 0 aliphatic heterocycles. The fraction of sp³-hybridized carbons (Fsp3) is 0.154. The molecule has 5 nitrogen and oxygen atoms in total. The molecule has 0 amide bonds. The van der Waals surface area contributed by atoms with E-state index in [0.29, 0.717) is 5.69 Å². The van der Waals surface area contributed by atoms with Crippen LogP contribution in [0.3, 0.4) is 0 Å². The number of aryl methyl sites for hydroxylation is 1. The van der Waals surface area contributed by atoms with E-state index in [4.69, 9.17) is 5.11 Å². The van der Waals surface area contributed by atoms with Crippen LogP contribution in [-0.2, 0) is 6.18 Å². The summed E-state index contributed by atoms with van der Waals surface area (Å²) in [4.78, 5) is 18.5. The second kappa shape index (κ2) is 5.39. The number of anilines is 2. The molecule has 0 fully saturated rings. The zero-order valence-electron chi connectivity index (χ0n) is 10.8. The van der Waals surface area contributed by atoms with Gasteiger partial charge in [-0.25, -0.2) is 14.8 Å². The largest absolute Gasteiger partial charge is 0.477 e. The van der Waals surface area contributed by atoms with E-state index >= 15 is 0 Å². The lowest BCUT2D eigenvalue weighted by Crippen LogP contribution is -2.08. The monoisotopic (exact) mass is 297 g/mol. The smallest absolute Gasteiger partial charge is 0.416 e. The van der Waals surface area contributed by atoms with Crippen LogP contribution in [-0.4, -0.2) is 21.0 Å². The molecule has 1 aromatic heterocycles. The van der Waals surface area contributed by atoms with Crippen molar-refractivity contribution in [2.24, 2.45) is 0 Å². The van der Waals surface area contributed by atoms with Crippen molar-refractivity contribution in [3.05, 3.63) is 47.3 Å². The van der Waals surface area contributed by atoms with Crippen LogP contribution in [0.4, 0.5) is 24.8 Å². The van der Waals surface area contributed by atoms with Crippen LogP contribution in [0.15, 0.2) is 30.3 Å². The van der Waals surface area contributed by atoms with Crippen molar-refractivity contribution in [1.29, 1.82) is 0 Å². The molecule has 8 heteroatoms. The molecule has 0 aliphatic rings. The van der Waals surface area contributed by atoms with E-state index in [-0.39, 0.29) is 17.3 Å². The summed E-state index contributed by atoms with van der Waals surface area (Å²) in [5, 5.41) is 11.5. The molecule has 2 rings (SSSR count). The van der Waals surface area contributed by atoms with Crippen molar-refractivity contribution in [1.82, 2.24) is 9.97 Å². The van der Waals surface area contributed by atoms with Gasteiger partial charge in [-0.1, -0.05) is 6.07 Å². The highest BCUT2D eigenvalue weighted by atomic mass is 19.4. The van der Waals surface area contributed by atoms with Crippen molar-refractivity contribution in [2.45, 2.75) is 13.1 Å². The third kappa shape index (κ3) is 3.68. The van der Waals surface area contributed by atoms with Gasteiger partial charge >= 0.3 is 12.1 Å². The Labute approximate surface area is 117 Å². The van der Waals surface area contributed by atoms with Crippen LogP contribution < -0.4 is 5.32 Å². The SMILES string of the molecule is Cc1cc(C(=O)O)nc(Nc2cccc(C(F)(F)F)c2)n1. The molecule has 21 heavy (non-hydrogen) atoms. The number of carboxylic acids is 1. The van der Waals surface area contributed by atoms with E-state index in [9.17, 15) is 18.0 Å². The minimum absolute atomic E-state index is 0.0771. The second-order valence-corrected chi connectivity index (χ2v) is 4.23. The van der Waals surface area contributed by atoms with Gasteiger partial charge in [-0.2, -0.15) is 13.2 Å². The second-order valence-electron chi connectivity index (χ2n) is 4.23. The minimum Gasteiger partial charge on any atom is -0.477 e. The van der Waals surface area contributed by atoms with Gasteiger partial charge in [0.1, 0.15) is 0 Å². The summed E-state index contributed by atoms with van der Waals surface area (Å²) in [6.07, 6.45) is -4.46. The average molecular weight is 297 g/mol. The van der Waals surface area contributed by atoms with Crippen molar-refractivity contribution in [2.75, 3.05) is 5.32 Å². The Bertz CT molecular complexity index is 687. The van der Waals surface area contributed by atoms with E-state index in [1.807, 2.05) is 0 Å². The summed E-state index contributed by atoms with van der Waals surface area (Å²) in [7, 11) is 0. The topological polar surface area (TPSA) is 75.1 Å². The number of carbonyl (C=O) groups is 1. The Morgan fingerprint density at radius 1 is 1.24 bits per heavy atom. The summed E-state index contributed by atoms with van der Waals surface area (Å²) < 4.78 is 37.8. The van der Waals surface area contributed by atoms with E-state index in [2.05, 4.69) is 15.3 Å². The third-order valence-corrected chi connectivity index (χ3v) is 2.52. The molecular formula is C13H10F3N3O2. The summed E-state index contributed by atoms with van der Waals surface area (Å²) in [6.45, 7) is 1.56. The molecule has 1 aromatic carbocycles. The Hall–Kier alpha value is -2.64. The van der Waals surface area contributed by atoms with Crippen LogP contribution in [0.5, 0.6) is 0 Å². The highest BCUT2D eigenvalue weighted by Crippen LogP contribution is 2.31. The van der Waals surface area contributed by atoms with Crippen molar-refractivity contribution < 1.29 is 23.1 Å². The fourth-order valence-electron chi connectivity index (χ4n) is 1.64. The van der Waals surface area contributed by atoms with Crippen molar-refractivity contribution in [3.63, 3.8) is 0 Å². The number of alkyl halides is 3. The molecule has 2 aromatic rings. The van der Waals surface area contributed by atoms with Gasteiger partial charge in [-0.15, -0.1) is 0 Å². The van der Waals surface area contributed by atoms with Gasteiger partial charge in [0.05, 0.1) is 5.56 Å². The number of carboxylic acid groups (broad SMARTS) is 1. The highest BCUT2D eigenvalue weighted by molar-refractivity contribution is 5.85. The number of nitrogens with one attached hydrogen (secondary N) is 1. The number of hydrogen-bond donors (Lipinski definition) is 2. The van der Waals surface area contributed by atoms with Gasteiger partial charge in [0.25, 0.3) is 0 Å². The molecule has 0 spiro atoms. The van der Waals surface area contributed by atoms with Crippen LogP contribution in [0, 0.1) is 6.92 Å². The normalized spacial score (nSPS) is 11.2. The number of aromatic carboxylic acids is 1. The van der Waals surface area contributed by atoms with Gasteiger partial charge in [-0.3, -0.25) is 0 Å². The number of nitrogens with zero attached hydrogens (tertiary/aromatic N) is 2. The van der Waals surface area contributed by atoms with E-state index in [0.717, 1.165) is 12.1 Å². The number of benzene rings is 1. The summed E-state index contributed by atoms with van der Waals surface area (Å²) in [5.41, 5.74) is -0.556. The molecule has 0 radical (unpaired) electrons. The summed E-state index contributed by atoms with van der Waals surface area (Å²) in [5.74, 6) is -1.32. The number of rotatable bonds is 3. The van der Waals surface area contributed by atoms with Crippen LogP contribution in [0.25, 0.3) is 0 Å². The fourth-order valence-corrected chi connectivity index (χ4v) is 1.64. The third-order valence-electron chi connectivity index (χ3n) is 2.52. The lowest BCUT2D eigenvalue weighted by Gasteiger charge is -2.10. The first kappa shape index (κ1) is 14.8. The molecule has 1 heterocycles. The average Bonchev–Trinajstić information content (AvgIpc) is 2.37. The first-order valence-corrected chi connectivity index (χ1v) is 5.79. The molecule has 0 atom stereocenters. The zero-order valence-corrected chi connectivity index (χ0v) is 10.8. The molecule has 0 bridgehead atoms. The van der Waals surface area contributed by atoms with Crippen LogP contribution in [0.2, 0.25) is 0 Å². The molecule has 0 unspecified atom stereocenters. The van der Waals surface area contributed by atoms with Crippen LogP contribution >= 0.6 is 0 Å². The number of halogens is 3. The Morgan fingerprint density at radius 3 is 2.57 bits per heavy atom. The predicted molar refractivity (Wildman–Crippen MR) is 68.5 cm³/mol. The lowest BCUT2D eigenvalue weighted by atomic mass is 10.2. The van der Waals surface area contributed by atoms with E-state index < -0.39 is 17.7 Å². The number of aromatic nitrogens is 2. The maximum atomic E-state index is 12.6. The number of hydrogen-bond acceptors (Lipinski definition) is 4. The maximum absolute atomic E-state index is 12.6. The first-order valence-electron chi connectivity index (χ1n) is 5.79. The lowest BCUT2D eigenvalue weighted by molar-refractivity contribution is -0.137. The molecule has 0 saturated heterocycles. The van der Waals surface area contributed by atoms with E-state index in [1.54, 1.807) is 6.92 Å². The van der Waals surface area contributed by atoms with Crippen molar-refractivity contribution in [3.8, 4) is 0 Å². The molecule has 110 valence electrons. The Kier molecular flexibility index (Phi) is 3.79. The van der Waals surface area contributed by atoms with Gasteiger partial charge in [-0.05, 0) is 31.2 Å². The van der Waals surface area contributed by atoms with E-state index in [1.165, 1.54) is 18.2 Å². The molecule has 0 saturated carbocycles. The van der Waals surface area contributed by atoms with Gasteiger partial charge in [0.2, 0.25) is 5.95 Å². The minimum atomic E-state index is -4.46. The first-order chi connectivity index (χ1) is 9.75. The standard InChI is InChI=1S/C13H10F3N3O2/c1-7-5-10(11(20)21)19-12(17-7)18-9-4-2-3-8(6-9)13(14,15)16/h2-6H,1H3,(H,20,21)(H,17,18,19). The van der Waals surface area contributed by atoms with Gasteiger partial charge < -0.3 is 10.4 Å². The maximum Gasteiger partial charge on any atom is 0.416 e. The quantitative estimate of drug-likeness (QED) is 0.909. The Balaban J connectivity index is 2.32. The summed E-state index contributed by atoms with van der Waals surface area (Å²) >= 11 is 0. The summed E-state index contributed by atoms with van der Waals surface area (Å²) in [6, 6.07) is 5.73. The molecule has 2 N–H and O–H groups in total. The highest BCUT2D eigenvalue weighted by Gasteiger charge is 2.30. The van der Waals surface area contributed by atoms with Crippen LogP contribution in [0.1, 0.15) is 21.7 Å². The van der Waals surface area contributed by atoms with Gasteiger partial charge in [0, 0.05) is 11.4 Å². The van der Waals surface area contributed by atoms with Crippen molar-refractivity contribution >= 4 is 17.6 Å². The predicted octanol–water partition coefficient (Wildman–Crippen LogP) is 3.25. The van der Waals surface area contributed by atoms with Gasteiger partial charge in [0.15, 0.2) is 5.69 Å². The molecule has 0 aliphatic carbocycles. The zero-order chi connectivity index (χ0) is 15.6. The molecular weight excluding hydrogens is 287 g/mol.